The average molecular weight is 1560 g/mol. The van der Waals surface area contributed by atoms with Gasteiger partial charge < -0.3 is 0 Å². The van der Waals surface area contributed by atoms with Crippen molar-refractivity contribution >= 4 is 150 Å². The molecule has 0 nitrogen and oxygen atoms in total. The SMILES string of the molecule is C.CC(C)(C)C.CC(C)(C)C.CC(C)(C)C.CC(C)(C)C.Cc1c(C(C)(C)C)sc2c(C)c3c(C)c(C(C)(C)C)sc3c(C)c12.Cc1c(C(C)(C)C)sc2c1c(C)c(C)c1c3sc(C(C)(C)C)c(C)c3c(C)c(C)c21.Cc1c2ccccc2c(C)c2ccccc12.Cc1c2ccccc2cc2c(C)c3ccccc3cc12. The number of hydrogen-bond acceptors (Lipinski definition) is 4. The predicted molar refractivity (Wildman–Crippen MR) is 521 cm³/mol. The van der Waals surface area contributed by atoms with Crippen LogP contribution in [0.1, 0.15) is 299 Å². The number of rotatable bonds is 0. The molecular weight excluding hydrogens is 1410 g/mol. The van der Waals surface area contributed by atoms with Gasteiger partial charge in [-0.2, -0.15) is 0 Å². The highest BCUT2D eigenvalue weighted by atomic mass is 32.1. The molecule has 10 aromatic carbocycles. The maximum Gasteiger partial charge on any atom is 0.0433 e. The van der Waals surface area contributed by atoms with Crippen molar-refractivity contribution in [3.8, 4) is 0 Å². The van der Waals surface area contributed by atoms with E-state index >= 15 is 0 Å². The Morgan fingerprint density at radius 2 is 0.351 bits per heavy atom. The molecule has 0 N–H and O–H groups in total. The Hall–Kier alpha value is -6.40. The molecule has 0 spiro atoms. The largest absolute Gasteiger partial charge is 0.139 e. The summed E-state index contributed by atoms with van der Waals surface area (Å²) in [4.78, 5) is 6.13. The van der Waals surface area contributed by atoms with E-state index in [2.05, 4.69) is 400 Å². The van der Waals surface area contributed by atoms with Crippen LogP contribution in [-0.4, -0.2) is 0 Å². The van der Waals surface area contributed by atoms with Gasteiger partial charge in [0.2, 0.25) is 0 Å². The maximum atomic E-state index is 2.35. The molecule has 111 heavy (non-hydrogen) atoms. The van der Waals surface area contributed by atoms with Crippen LogP contribution >= 0.6 is 45.3 Å². The lowest BCUT2D eigenvalue weighted by Crippen LogP contribution is -2.10. The Kier molecular flexibility index (Phi) is 29.1. The molecule has 0 fully saturated rings. The van der Waals surface area contributed by atoms with Crippen LogP contribution in [0.2, 0.25) is 0 Å². The number of benzene rings is 10. The molecule has 0 radical (unpaired) electrons. The van der Waals surface area contributed by atoms with Gasteiger partial charge in [-0.25, -0.2) is 0 Å². The van der Waals surface area contributed by atoms with Crippen LogP contribution in [0.3, 0.4) is 0 Å². The van der Waals surface area contributed by atoms with E-state index in [1.54, 1.807) is 0 Å². The minimum absolute atomic E-state index is 0. The highest BCUT2D eigenvalue weighted by Gasteiger charge is 2.31. The van der Waals surface area contributed by atoms with E-state index in [0.29, 0.717) is 21.7 Å². The van der Waals surface area contributed by atoms with Crippen LogP contribution in [0.4, 0.5) is 0 Å². The molecular formula is C107H148S4. The molecule has 0 aliphatic carbocycles. The first kappa shape index (κ1) is 93.5. The van der Waals surface area contributed by atoms with E-state index in [9.17, 15) is 0 Å². The predicted octanol–water partition coefficient (Wildman–Crippen LogP) is 36.9. The second-order valence-corrected chi connectivity index (χ2v) is 46.5. The fourth-order valence-corrected chi connectivity index (χ4v) is 21.3. The van der Waals surface area contributed by atoms with E-state index in [0.717, 1.165) is 0 Å². The van der Waals surface area contributed by atoms with Gasteiger partial charge in [-0.3, -0.25) is 0 Å². The van der Waals surface area contributed by atoms with Gasteiger partial charge in [-0.1, -0.05) is 298 Å². The van der Waals surface area contributed by atoms with Crippen molar-refractivity contribution in [3.63, 3.8) is 0 Å². The highest BCUT2D eigenvalue weighted by molar-refractivity contribution is 7.22. The second-order valence-electron chi connectivity index (χ2n) is 42.4. The van der Waals surface area contributed by atoms with E-state index in [4.69, 9.17) is 0 Å². The van der Waals surface area contributed by atoms with Crippen molar-refractivity contribution in [1.82, 2.24) is 0 Å². The Labute approximate surface area is 693 Å². The Morgan fingerprint density at radius 1 is 0.180 bits per heavy atom. The monoisotopic (exact) mass is 1560 g/mol. The van der Waals surface area contributed by atoms with E-state index in [1.165, 1.54) is 202 Å². The molecule has 14 aromatic rings. The third-order valence-electron chi connectivity index (χ3n) is 20.0. The minimum Gasteiger partial charge on any atom is -0.139 e. The van der Waals surface area contributed by atoms with Gasteiger partial charge in [0, 0.05) is 59.9 Å². The molecule has 0 unspecified atom stereocenters. The second kappa shape index (κ2) is 34.6. The van der Waals surface area contributed by atoms with E-state index in [1.807, 2.05) is 45.3 Å². The van der Waals surface area contributed by atoms with E-state index < -0.39 is 0 Å². The molecule has 4 heteroatoms. The van der Waals surface area contributed by atoms with Crippen molar-refractivity contribution in [3.05, 3.63) is 207 Å². The van der Waals surface area contributed by atoms with E-state index in [-0.39, 0.29) is 29.1 Å². The summed E-state index contributed by atoms with van der Waals surface area (Å²) >= 11 is 8.10. The van der Waals surface area contributed by atoms with Crippen molar-refractivity contribution in [2.24, 2.45) is 21.7 Å². The smallest absolute Gasteiger partial charge is 0.0433 e. The third-order valence-corrected chi connectivity index (χ3v) is 27.1. The van der Waals surface area contributed by atoms with Gasteiger partial charge >= 0.3 is 0 Å². The highest BCUT2D eigenvalue weighted by Crippen LogP contribution is 2.53. The first-order valence-corrected chi connectivity index (χ1v) is 43.9. The summed E-state index contributed by atoms with van der Waals surface area (Å²) < 4.78 is 6.01. The van der Waals surface area contributed by atoms with Crippen molar-refractivity contribution in [2.75, 3.05) is 0 Å². The van der Waals surface area contributed by atoms with Crippen LogP contribution in [0.5, 0.6) is 0 Å². The summed E-state index contributed by atoms with van der Waals surface area (Å²) in [5.41, 5.74) is 23.1. The fourth-order valence-electron chi connectivity index (χ4n) is 15.4. The molecule has 0 saturated carbocycles. The first-order valence-electron chi connectivity index (χ1n) is 40.6. The summed E-state index contributed by atoms with van der Waals surface area (Å²) in [5.74, 6) is 0. The average Bonchev–Trinajstić information content (AvgIpc) is 1.57. The minimum atomic E-state index is 0. The topological polar surface area (TPSA) is 0 Å². The zero-order valence-electron chi connectivity index (χ0n) is 77.0. The normalized spacial score (nSPS) is 12.3. The Bertz CT molecular complexity index is 5220. The van der Waals surface area contributed by atoms with Gasteiger partial charge in [0.05, 0.1) is 0 Å². The Morgan fingerprint density at radius 3 is 0.568 bits per heavy atom. The molecule has 0 amide bonds. The quantitative estimate of drug-likeness (QED) is 0.133. The van der Waals surface area contributed by atoms with Crippen molar-refractivity contribution < 1.29 is 0 Å². The molecule has 0 aliphatic heterocycles. The summed E-state index contributed by atoms with van der Waals surface area (Å²) in [6.45, 7) is 95.4. The molecule has 0 atom stereocenters. The van der Waals surface area contributed by atoms with Gasteiger partial charge in [-0.15, -0.1) is 45.3 Å². The Balaban J connectivity index is 0.000000215. The first-order chi connectivity index (χ1) is 50.1. The van der Waals surface area contributed by atoms with Gasteiger partial charge in [0.25, 0.3) is 0 Å². The lowest BCUT2D eigenvalue weighted by Gasteiger charge is -2.17. The lowest BCUT2D eigenvalue weighted by molar-refractivity contribution is 0.469. The van der Waals surface area contributed by atoms with Crippen molar-refractivity contribution in [2.45, 2.75) is 320 Å². The molecule has 14 rings (SSSR count). The molecule has 4 heterocycles. The lowest BCUT2D eigenvalue weighted by atomic mass is 9.86. The maximum absolute atomic E-state index is 2.35. The molecule has 600 valence electrons. The summed E-state index contributed by atoms with van der Waals surface area (Å²) in [5, 5.41) is 22.6. The van der Waals surface area contributed by atoms with Crippen LogP contribution in [0, 0.1) is 119 Å². The van der Waals surface area contributed by atoms with Crippen LogP contribution in [-0.2, 0) is 21.7 Å². The zero-order chi connectivity index (χ0) is 83.5. The fraction of sp³-hybridized carbons (Fsp3) is 0.477. The number of fused-ring (bicyclic) bond motifs is 12. The van der Waals surface area contributed by atoms with Crippen LogP contribution < -0.4 is 0 Å². The number of aryl methyl sites for hydroxylation is 14. The molecule has 0 bridgehead atoms. The summed E-state index contributed by atoms with van der Waals surface area (Å²) in [6.07, 6.45) is 0. The molecule has 0 aliphatic rings. The third kappa shape index (κ3) is 21.8. The number of thiophene rings is 4. The standard InChI is InChI=1S/C28H36S2.C22H30S2.C20H16.C16H14.4C5H12.CH4/c1-13-15(3)21-22(23-19(13)17(5)25(29-23)27(7,8)9)16(4)14(2)20-18(6)26(28(10,11)12)30-24(20)21;1-11-15-13(3)19(21(5,6)7)24-18(15)12(2)16-14(4)20(22(8,9)10)23-17(11)16;1-13-17-9-5-3-7-15(17)12-20-14(2)18-10-6-4-8-16(18)11-19(13)20;1-11-13-7-3-5-9-15(13)12(2)16-10-6-4-8-14(11)16;4*1-5(2,3)4;/h1-12H3;1-10H3;3-12H,1-2H3;3-10H,1-2H3;4*1-4H3;1H4. The van der Waals surface area contributed by atoms with Crippen molar-refractivity contribution in [1.29, 1.82) is 0 Å². The van der Waals surface area contributed by atoms with Gasteiger partial charge in [0.1, 0.15) is 0 Å². The van der Waals surface area contributed by atoms with Crippen LogP contribution in [0.25, 0.3) is 105 Å². The zero-order valence-corrected chi connectivity index (χ0v) is 80.3. The van der Waals surface area contributed by atoms with Gasteiger partial charge in [-0.05, 0) is 295 Å². The molecule has 0 saturated heterocycles. The molecule has 4 aromatic heterocycles. The summed E-state index contributed by atoms with van der Waals surface area (Å²) in [6, 6.07) is 39.3. The van der Waals surface area contributed by atoms with Crippen LogP contribution in [0.15, 0.2) is 109 Å². The van der Waals surface area contributed by atoms with Gasteiger partial charge in [0.15, 0.2) is 0 Å². The summed E-state index contributed by atoms with van der Waals surface area (Å²) in [7, 11) is 0. The number of hydrogen-bond donors (Lipinski definition) is 0.